The predicted octanol–water partition coefficient (Wildman–Crippen LogP) is 1.81. The topological polar surface area (TPSA) is 110 Å². The van der Waals surface area contributed by atoms with Crippen LogP contribution in [0.5, 0.6) is 0 Å². The van der Waals surface area contributed by atoms with Gasteiger partial charge in [-0.15, -0.1) is 0 Å². The van der Waals surface area contributed by atoms with Gasteiger partial charge in [0.25, 0.3) is 0 Å². The highest BCUT2D eigenvalue weighted by Crippen LogP contribution is 2.21. The van der Waals surface area contributed by atoms with E-state index in [1.807, 2.05) is 30.3 Å². The maximum absolute atomic E-state index is 12.6. The van der Waals surface area contributed by atoms with Gasteiger partial charge in [-0.3, -0.25) is 19.6 Å². The number of amides is 1. The summed E-state index contributed by atoms with van der Waals surface area (Å²) >= 11 is 0. The summed E-state index contributed by atoms with van der Waals surface area (Å²) in [5, 5.41) is 26.8. The molecule has 25 heavy (non-hydrogen) atoms. The van der Waals surface area contributed by atoms with E-state index in [-0.39, 0.29) is 24.1 Å². The largest absolute Gasteiger partial charge is 0.396 e. The minimum atomic E-state index is -1.07. The van der Waals surface area contributed by atoms with Crippen LogP contribution in [-0.4, -0.2) is 38.9 Å². The van der Waals surface area contributed by atoms with Crippen LogP contribution < -0.4 is 5.32 Å². The number of benzene rings is 1. The summed E-state index contributed by atoms with van der Waals surface area (Å²) in [5.41, 5.74) is -0.206. The normalized spacial score (nSPS) is 12.6. The molecule has 0 aliphatic heterocycles. The van der Waals surface area contributed by atoms with Crippen LogP contribution >= 0.6 is 0 Å². The number of nitrogens with zero attached hydrogens (tertiary/aromatic N) is 3. The molecular weight excluding hydrogens is 324 g/mol. The summed E-state index contributed by atoms with van der Waals surface area (Å²) in [7, 11) is 0. The van der Waals surface area contributed by atoms with Crippen molar-refractivity contribution in [3.8, 4) is 0 Å². The lowest BCUT2D eigenvalue weighted by atomic mass is 9.95. The number of carbonyl (C=O) groups excluding carboxylic acids is 1. The van der Waals surface area contributed by atoms with E-state index in [0.29, 0.717) is 13.0 Å². The highest BCUT2D eigenvalue weighted by atomic mass is 16.6. The van der Waals surface area contributed by atoms with Gasteiger partial charge in [-0.05, 0) is 25.8 Å². The van der Waals surface area contributed by atoms with Crippen molar-refractivity contribution in [3.63, 3.8) is 0 Å². The van der Waals surface area contributed by atoms with Crippen molar-refractivity contribution in [3.05, 3.63) is 58.4 Å². The minimum Gasteiger partial charge on any atom is -0.396 e. The maximum atomic E-state index is 12.6. The van der Waals surface area contributed by atoms with Crippen LogP contribution in [0.25, 0.3) is 0 Å². The van der Waals surface area contributed by atoms with Crippen molar-refractivity contribution >= 4 is 11.6 Å². The lowest BCUT2D eigenvalue weighted by Gasteiger charge is -2.25. The van der Waals surface area contributed by atoms with Crippen LogP contribution in [0.3, 0.4) is 0 Å². The molecule has 0 aliphatic rings. The first-order valence-corrected chi connectivity index (χ1v) is 8.00. The first-order chi connectivity index (χ1) is 11.9. The Hall–Kier alpha value is -2.74. The van der Waals surface area contributed by atoms with Crippen molar-refractivity contribution in [2.75, 3.05) is 13.2 Å². The third kappa shape index (κ3) is 4.42. The second-order valence-corrected chi connectivity index (χ2v) is 6.29. The van der Waals surface area contributed by atoms with Crippen LogP contribution in [-0.2, 0) is 10.3 Å². The molecule has 0 saturated carbocycles. The van der Waals surface area contributed by atoms with E-state index in [1.54, 1.807) is 13.8 Å². The molecule has 0 saturated heterocycles. The Kier molecular flexibility index (Phi) is 5.87. The molecular formula is C17H22N4O4. The van der Waals surface area contributed by atoms with Crippen LogP contribution in [0.2, 0.25) is 0 Å². The van der Waals surface area contributed by atoms with Crippen molar-refractivity contribution in [2.24, 2.45) is 0 Å². The number of nitro groups is 1. The zero-order chi connectivity index (χ0) is 18.4. The molecule has 8 heteroatoms. The monoisotopic (exact) mass is 346 g/mol. The predicted molar refractivity (Wildman–Crippen MR) is 92.1 cm³/mol. The van der Waals surface area contributed by atoms with E-state index in [4.69, 9.17) is 0 Å². The fourth-order valence-corrected chi connectivity index (χ4v) is 2.52. The molecule has 1 unspecified atom stereocenters. The Labute approximate surface area is 145 Å². The average Bonchev–Trinajstić information content (AvgIpc) is 3.10. The molecule has 1 amide bonds. The molecule has 1 heterocycles. The van der Waals surface area contributed by atoms with Gasteiger partial charge < -0.3 is 10.4 Å². The third-order valence-electron chi connectivity index (χ3n) is 4.17. The Morgan fingerprint density at radius 3 is 2.64 bits per heavy atom. The van der Waals surface area contributed by atoms with Gasteiger partial charge in [0.2, 0.25) is 5.91 Å². The first-order valence-electron chi connectivity index (χ1n) is 8.00. The summed E-state index contributed by atoms with van der Waals surface area (Å²) in [6.07, 6.45) is 2.88. The van der Waals surface area contributed by atoms with Crippen LogP contribution in [0.4, 0.5) is 5.69 Å². The Balaban J connectivity index is 2.07. The number of aromatic nitrogens is 2. The third-order valence-corrected chi connectivity index (χ3v) is 4.17. The van der Waals surface area contributed by atoms with E-state index in [2.05, 4.69) is 10.4 Å². The van der Waals surface area contributed by atoms with E-state index in [0.717, 1.165) is 11.8 Å². The number of hydrogen-bond acceptors (Lipinski definition) is 5. The number of rotatable bonds is 8. The van der Waals surface area contributed by atoms with Gasteiger partial charge in [-0.2, -0.15) is 5.10 Å². The van der Waals surface area contributed by atoms with E-state index >= 15 is 0 Å². The summed E-state index contributed by atoms with van der Waals surface area (Å²) in [6, 6.07) is 9.64. The fraction of sp³-hybridized carbons (Fsp3) is 0.412. The smallest absolute Gasteiger partial charge is 0.307 e. The lowest BCUT2D eigenvalue weighted by Crippen LogP contribution is -2.46. The van der Waals surface area contributed by atoms with Crippen molar-refractivity contribution in [1.29, 1.82) is 0 Å². The molecule has 0 bridgehead atoms. The highest BCUT2D eigenvalue weighted by molar-refractivity contribution is 5.83. The summed E-state index contributed by atoms with van der Waals surface area (Å²) in [5.74, 6) is -0.317. The molecule has 0 spiro atoms. The van der Waals surface area contributed by atoms with Gasteiger partial charge in [-0.25, -0.2) is 0 Å². The molecule has 1 aromatic carbocycles. The van der Waals surface area contributed by atoms with Gasteiger partial charge in [0.05, 0.1) is 4.92 Å². The Morgan fingerprint density at radius 1 is 1.40 bits per heavy atom. The molecule has 2 rings (SSSR count). The molecule has 0 radical (unpaired) electrons. The number of carbonyl (C=O) groups is 1. The first kappa shape index (κ1) is 18.6. The molecule has 0 fully saturated rings. The van der Waals surface area contributed by atoms with Gasteiger partial charge in [0.1, 0.15) is 17.9 Å². The van der Waals surface area contributed by atoms with Gasteiger partial charge in [0, 0.05) is 19.1 Å². The van der Waals surface area contributed by atoms with Gasteiger partial charge >= 0.3 is 5.69 Å². The molecule has 134 valence electrons. The van der Waals surface area contributed by atoms with Crippen molar-refractivity contribution in [2.45, 2.75) is 31.7 Å². The van der Waals surface area contributed by atoms with Crippen LogP contribution in [0.15, 0.2) is 42.7 Å². The summed E-state index contributed by atoms with van der Waals surface area (Å²) in [6.45, 7) is 3.66. The quantitative estimate of drug-likeness (QED) is 0.559. The van der Waals surface area contributed by atoms with E-state index < -0.39 is 10.5 Å². The second-order valence-electron chi connectivity index (χ2n) is 6.29. The molecule has 0 aliphatic carbocycles. The zero-order valence-electron chi connectivity index (χ0n) is 14.3. The summed E-state index contributed by atoms with van der Waals surface area (Å²) in [4.78, 5) is 22.8. The standard InChI is InChI=1S/C17H22N4O4/c1-17(2,20-12-15(11-19-20)21(24)25)16(23)18-10-14(8-9-22)13-6-4-3-5-7-13/h3-7,11-12,14,22H,8-10H2,1-2H3,(H,18,23). The minimum absolute atomic E-state index is 0.0158. The Morgan fingerprint density at radius 2 is 2.08 bits per heavy atom. The van der Waals surface area contributed by atoms with Crippen molar-refractivity contribution < 1.29 is 14.8 Å². The number of aliphatic hydroxyl groups excluding tert-OH is 1. The molecule has 1 atom stereocenters. The van der Waals surface area contributed by atoms with Gasteiger partial charge in [0.15, 0.2) is 0 Å². The van der Waals surface area contributed by atoms with Crippen LogP contribution in [0, 0.1) is 10.1 Å². The SMILES string of the molecule is CC(C)(C(=O)NCC(CCO)c1ccccc1)n1cc([N+](=O)[O-])cn1. The fourth-order valence-electron chi connectivity index (χ4n) is 2.52. The molecule has 2 N–H and O–H groups in total. The van der Waals surface area contributed by atoms with E-state index in [9.17, 15) is 20.0 Å². The Bertz CT molecular complexity index is 727. The molecule has 8 nitrogen and oxygen atoms in total. The number of hydrogen-bond donors (Lipinski definition) is 2. The van der Waals surface area contributed by atoms with Gasteiger partial charge in [-0.1, -0.05) is 30.3 Å². The van der Waals surface area contributed by atoms with E-state index in [1.165, 1.54) is 10.9 Å². The molecule has 1 aromatic heterocycles. The average molecular weight is 346 g/mol. The summed E-state index contributed by atoms with van der Waals surface area (Å²) < 4.78 is 1.28. The lowest BCUT2D eigenvalue weighted by molar-refractivity contribution is -0.385. The van der Waals surface area contributed by atoms with Crippen molar-refractivity contribution in [1.82, 2.24) is 15.1 Å². The van der Waals surface area contributed by atoms with Crippen LogP contribution in [0.1, 0.15) is 31.7 Å². The molecule has 2 aromatic rings. The number of nitrogens with one attached hydrogen (secondary N) is 1. The highest BCUT2D eigenvalue weighted by Gasteiger charge is 2.32. The number of aliphatic hydroxyl groups is 1. The second kappa shape index (κ2) is 7.89. The maximum Gasteiger partial charge on any atom is 0.307 e. The zero-order valence-corrected chi connectivity index (χ0v) is 14.3.